The van der Waals surface area contributed by atoms with Crippen molar-refractivity contribution < 1.29 is 4.74 Å². The fraction of sp³-hybridized carbons (Fsp3) is 0.692. The highest BCUT2D eigenvalue weighted by Gasteiger charge is 2.24. The molecular weight excluding hydrogens is 260 g/mol. The number of aromatic nitrogens is 3. The number of ether oxygens (including phenoxy) is 1. The van der Waals surface area contributed by atoms with Crippen molar-refractivity contribution in [1.82, 2.24) is 14.9 Å². The lowest BCUT2D eigenvalue weighted by molar-refractivity contribution is 0.00780. The maximum absolute atomic E-state index is 6.12. The SMILES string of the molecule is Nn1c(SC2C=CCCC2)nnc1C1CCCCO1. The van der Waals surface area contributed by atoms with E-state index in [-0.39, 0.29) is 6.10 Å². The second kappa shape index (κ2) is 5.96. The Kier molecular flexibility index (Phi) is 4.08. The first-order valence-corrected chi connectivity index (χ1v) is 7.88. The molecule has 2 unspecified atom stereocenters. The van der Waals surface area contributed by atoms with Gasteiger partial charge in [-0.1, -0.05) is 23.9 Å². The van der Waals surface area contributed by atoms with Crippen LogP contribution in [0.5, 0.6) is 0 Å². The van der Waals surface area contributed by atoms with Gasteiger partial charge in [0.25, 0.3) is 0 Å². The van der Waals surface area contributed by atoms with E-state index in [2.05, 4.69) is 22.3 Å². The van der Waals surface area contributed by atoms with Gasteiger partial charge in [-0.15, -0.1) is 10.2 Å². The smallest absolute Gasteiger partial charge is 0.210 e. The van der Waals surface area contributed by atoms with Gasteiger partial charge in [-0.2, -0.15) is 0 Å². The Morgan fingerprint density at radius 2 is 2.21 bits per heavy atom. The van der Waals surface area contributed by atoms with Crippen LogP contribution in [-0.2, 0) is 4.74 Å². The van der Waals surface area contributed by atoms with Gasteiger partial charge in [0.2, 0.25) is 5.16 Å². The first-order chi connectivity index (χ1) is 9.34. The minimum Gasteiger partial charge on any atom is -0.370 e. The molecule has 1 fully saturated rings. The number of thioether (sulfide) groups is 1. The number of rotatable bonds is 3. The number of allylic oxidation sites excluding steroid dienone is 1. The summed E-state index contributed by atoms with van der Waals surface area (Å²) in [6, 6.07) is 0. The van der Waals surface area contributed by atoms with E-state index in [1.54, 1.807) is 16.4 Å². The van der Waals surface area contributed by atoms with E-state index in [0.29, 0.717) is 5.25 Å². The van der Waals surface area contributed by atoms with E-state index in [1.807, 2.05) is 0 Å². The van der Waals surface area contributed by atoms with Crippen LogP contribution in [0.3, 0.4) is 0 Å². The highest BCUT2D eigenvalue weighted by molar-refractivity contribution is 7.99. The zero-order valence-corrected chi connectivity index (χ0v) is 11.8. The topological polar surface area (TPSA) is 66.0 Å². The Balaban J connectivity index is 1.70. The van der Waals surface area contributed by atoms with Gasteiger partial charge in [-0.05, 0) is 38.5 Å². The molecule has 0 saturated carbocycles. The molecule has 3 rings (SSSR count). The lowest BCUT2D eigenvalue weighted by atomic mass is 10.1. The van der Waals surface area contributed by atoms with E-state index < -0.39 is 0 Å². The average Bonchev–Trinajstić information content (AvgIpc) is 2.82. The second-order valence-corrected chi connectivity index (χ2v) is 6.29. The van der Waals surface area contributed by atoms with Crippen molar-refractivity contribution in [2.45, 2.75) is 55.0 Å². The van der Waals surface area contributed by atoms with Crippen LogP contribution in [-0.4, -0.2) is 26.7 Å². The van der Waals surface area contributed by atoms with Gasteiger partial charge in [0.1, 0.15) is 6.10 Å². The predicted molar refractivity (Wildman–Crippen MR) is 75.4 cm³/mol. The summed E-state index contributed by atoms with van der Waals surface area (Å²) in [5.74, 6) is 6.88. The third-order valence-corrected chi connectivity index (χ3v) is 4.81. The molecule has 1 aliphatic carbocycles. The molecule has 1 aliphatic heterocycles. The summed E-state index contributed by atoms with van der Waals surface area (Å²) < 4.78 is 7.34. The van der Waals surface area contributed by atoms with Crippen molar-refractivity contribution in [3.63, 3.8) is 0 Å². The molecule has 0 amide bonds. The largest absolute Gasteiger partial charge is 0.370 e. The second-order valence-electron chi connectivity index (χ2n) is 5.08. The van der Waals surface area contributed by atoms with Gasteiger partial charge >= 0.3 is 0 Å². The van der Waals surface area contributed by atoms with Crippen molar-refractivity contribution in [1.29, 1.82) is 0 Å². The van der Waals surface area contributed by atoms with Crippen molar-refractivity contribution in [3.8, 4) is 0 Å². The Labute approximate surface area is 117 Å². The molecule has 1 saturated heterocycles. The minimum atomic E-state index is 0.0162. The molecular formula is C13H20N4OS. The fourth-order valence-corrected chi connectivity index (χ4v) is 3.59. The number of nitrogens with two attached hydrogens (primary N) is 1. The van der Waals surface area contributed by atoms with Crippen molar-refractivity contribution in [2.75, 3.05) is 12.4 Å². The Morgan fingerprint density at radius 1 is 1.26 bits per heavy atom. The lowest BCUT2D eigenvalue weighted by Crippen LogP contribution is -2.21. The average molecular weight is 280 g/mol. The molecule has 104 valence electrons. The highest BCUT2D eigenvalue weighted by atomic mass is 32.2. The van der Waals surface area contributed by atoms with Crippen LogP contribution >= 0.6 is 11.8 Å². The van der Waals surface area contributed by atoms with Crippen molar-refractivity contribution in [2.24, 2.45) is 0 Å². The normalized spacial score (nSPS) is 27.6. The maximum atomic E-state index is 6.12. The van der Waals surface area contributed by atoms with E-state index in [1.165, 1.54) is 25.7 Å². The molecule has 2 N–H and O–H groups in total. The van der Waals surface area contributed by atoms with Crippen LogP contribution in [0.15, 0.2) is 17.3 Å². The Bertz CT molecular complexity index is 453. The quantitative estimate of drug-likeness (QED) is 0.680. The molecule has 0 bridgehead atoms. The number of hydrogen-bond acceptors (Lipinski definition) is 5. The van der Waals surface area contributed by atoms with E-state index in [0.717, 1.165) is 30.4 Å². The van der Waals surface area contributed by atoms with Crippen LogP contribution in [0.4, 0.5) is 0 Å². The molecule has 2 aliphatic rings. The Morgan fingerprint density at radius 3 is 2.95 bits per heavy atom. The zero-order valence-electron chi connectivity index (χ0n) is 11.0. The van der Waals surface area contributed by atoms with E-state index in [4.69, 9.17) is 10.6 Å². The zero-order chi connectivity index (χ0) is 13.1. The van der Waals surface area contributed by atoms with Crippen LogP contribution < -0.4 is 5.84 Å². The molecule has 6 heteroatoms. The van der Waals surface area contributed by atoms with Gasteiger partial charge in [-0.3, -0.25) is 0 Å². The summed E-state index contributed by atoms with van der Waals surface area (Å²) in [4.78, 5) is 0. The molecule has 1 aromatic heterocycles. The van der Waals surface area contributed by atoms with Crippen molar-refractivity contribution >= 4 is 11.8 Å². The van der Waals surface area contributed by atoms with E-state index in [9.17, 15) is 0 Å². The standard InChI is InChI=1S/C13H20N4OS/c14-17-12(11-8-4-5-9-18-11)15-16-13(17)19-10-6-2-1-3-7-10/h2,6,10-11H,1,3-5,7-9,14H2. The molecule has 0 aromatic carbocycles. The number of nitrogen functional groups attached to an aromatic ring is 1. The Hall–Kier alpha value is -1.01. The van der Waals surface area contributed by atoms with Crippen LogP contribution in [0.1, 0.15) is 50.5 Å². The van der Waals surface area contributed by atoms with Gasteiger partial charge < -0.3 is 10.6 Å². The molecule has 5 nitrogen and oxygen atoms in total. The summed E-state index contributed by atoms with van der Waals surface area (Å²) in [5.41, 5.74) is 0. The van der Waals surface area contributed by atoms with Crippen LogP contribution in [0.25, 0.3) is 0 Å². The predicted octanol–water partition coefficient (Wildman–Crippen LogP) is 2.43. The molecule has 2 atom stereocenters. The van der Waals surface area contributed by atoms with Gasteiger partial charge in [0.05, 0.1) is 0 Å². The molecule has 0 spiro atoms. The summed E-state index contributed by atoms with van der Waals surface area (Å²) in [6.45, 7) is 0.797. The van der Waals surface area contributed by atoms with Crippen molar-refractivity contribution in [3.05, 3.63) is 18.0 Å². The van der Waals surface area contributed by atoms with E-state index >= 15 is 0 Å². The maximum Gasteiger partial charge on any atom is 0.210 e. The summed E-state index contributed by atoms with van der Waals surface area (Å²) in [6.07, 6.45) is 11.4. The van der Waals surface area contributed by atoms with Crippen LogP contribution in [0, 0.1) is 0 Å². The summed E-state index contributed by atoms with van der Waals surface area (Å²) >= 11 is 1.70. The highest BCUT2D eigenvalue weighted by Crippen LogP contribution is 2.31. The van der Waals surface area contributed by atoms with Gasteiger partial charge in [0, 0.05) is 11.9 Å². The monoisotopic (exact) mass is 280 g/mol. The summed E-state index contributed by atoms with van der Waals surface area (Å²) in [5, 5.41) is 9.71. The van der Waals surface area contributed by atoms with Gasteiger partial charge in [-0.25, -0.2) is 4.68 Å². The minimum absolute atomic E-state index is 0.0162. The molecule has 19 heavy (non-hydrogen) atoms. The molecule has 1 aromatic rings. The first kappa shape index (κ1) is 13.0. The first-order valence-electron chi connectivity index (χ1n) is 7.00. The molecule has 0 radical (unpaired) electrons. The fourth-order valence-electron chi connectivity index (χ4n) is 2.55. The number of hydrogen-bond donors (Lipinski definition) is 1. The lowest BCUT2D eigenvalue weighted by Gasteiger charge is -2.21. The number of nitrogens with zero attached hydrogens (tertiary/aromatic N) is 3. The summed E-state index contributed by atoms with van der Waals surface area (Å²) in [7, 11) is 0. The third kappa shape index (κ3) is 2.95. The molecule has 2 heterocycles. The third-order valence-electron chi connectivity index (χ3n) is 3.63. The van der Waals surface area contributed by atoms with Gasteiger partial charge in [0.15, 0.2) is 5.82 Å². The van der Waals surface area contributed by atoms with Crippen LogP contribution in [0.2, 0.25) is 0 Å².